The second-order valence-electron chi connectivity index (χ2n) is 33.7. The molecule has 644 valence electrons. The van der Waals surface area contributed by atoms with Crippen LogP contribution in [0.3, 0.4) is 0 Å². The Morgan fingerprint density at radius 3 is 0.333 bits per heavy atom. The van der Waals surface area contributed by atoms with Crippen molar-refractivity contribution in [3.05, 3.63) is 167 Å². The summed E-state index contributed by atoms with van der Waals surface area (Å²) in [6.45, 7) is 37.7. The molecule has 0 radical (unpaired) electrons. The zero-order valence-electron chi connectivity index (χ0n) is 77.5. The second kappa shape index (κ2) is 54.4. The Bertz CT molecular complexity index is 4380. The molecule has 0 unspecified atom stereocenters. The smallest absolute Gasteiger partial charge is 0.0820 e. The molecular weight excluding hydrogens is 1600 g/mol. The molecule has 0 fully saturated rings. The SMILES string of the molecule is CCCCc1c2sc(c1CCCC)C#Cc1sc(c(CCCC)c1CCCC)C=Cc1sc(c(CCCC)c1CCCC)C#Cc1sc(c(CCCC)c1CCCC)C#Cc1sc(c(CCCC)c1CCCC)C#Cc1sc(c(CCCC)c1CCCC)C=Cc1sc(c(CCCC)c1CCCC)C#Cc1sc(c(CCCC)c1CCCC)C#C2. The minimum Gasteiger partial charge on any atom is -0.127 e. The molecule has 0 saturated carbocycles. The van der Waals surface area contributed by atoms with Crippen molar-refractivity contribution < 1.29 is 0 Å². The summed E-state index contributed by atoms with van der Waals surface area (Å²) in [6.07, 6.45) is 64.0. The standard InChI is InChI=1S/C112H148S8/c1-17-33-49-81-82(50-34-18-2)98-67-68-100-85(53-37-21-5)86(54-38-22-6)102(115-100)71-72-104-89(57-41-25-9)90(58-42-26-10)106(117-104)75-76-108-93(61-45-29-13)94(62-46-30-14)110(119-108)79-80-112-96(64-48-32-16)95(63-47-31-15)111(120-112)78-77-109-92(60-44-28-12)91(59-43-27-11)107(118-109)74-73-105-88(56-40-24-8)87(55-39-23-7)103(116-105)70-69-101-84(52-36-20-4)83(51-35-19-3)99(114-101)66-65-97(81)113-98/h65-66,79-80H,17-64H2,1-16H3. The number of fused-ring (bicyclic) bond motifs is 16. The van der Waals surface area contributed by atoms with Gasteiger partial charge in [0.25, 0.3) is 0 Å². The molecule has 0 spiro atoms. The minimum atomic E-state index is 1.04. The van der Waals surface area contributed by atoms with Gasteiger partial charge in [-0.25, -0.2) is 0 Å². The Balaban J connectivity index is 1.37. The van der Waals surface area contributed by atoms with E-state index in [-0.39, 0.29) is 0 Å². The van der Waals surface area contributed by atoms with Gasteiger partial charge in [-0.2, -0.15) is 0 Å². The van der Waals surface area contributed by atoms with E-state index in [1.165, 1.54) is 193 Å². The van der Waals surface area contributed by atoms with Crippen LogP contribution in [-0.2, 0) is 103 Å². The lowest BCUT2D eigenvalue weighted by atomic mass is 9.96. The Kier molecular flexibility index (Phi) is 44.5. The first-order valence-electron chi connectivity index (χ1n) is 48.6. The van der Waals surface area contributed by atoms with Crippen LogP contribution in [0.25, 0.3) is 24.3 Å². The topological polar surface area (TPSA) is 0 Å². The molecule has 0 N–H and O–H groups in total. The molecule has 0 nitrogen and oxygen atoms in total. The van der Waals surface area contributed by atoms with E-state index in [1.54, 1.807) is 0 Å². The van der Waals surface area contributed by atoms with E-state index in [4.69, 9.17) is 0 Å². The molecule has 1 aliphatic heterocycles. The predicted octanol–water partition coefficient (Wildman–Crippen LogP) is 34.7. The Hall–Kier alpha value is -5.56. The summed E-state index contributed by atoms with van der Waals surface area (Å²) < 4.78 is 0. The van der Waals surface area contributed by atoms with Crippen LogP contribution in [0.1, 0.15) is 483 Å². The van der Waals surface area contributed by atoms with E-state index in [1.807, 2.05) is 90.7 Å². The van der Waals surface area contributed by atoms with Gasteiger partial charge >= 0.3 is 0 Å². The Morgan fingerprint density at radius 2 is 0.225 bits per heavy atom. The highest BCUT2D eigenvalue weighted by Crippen LogP contribution is 2.43. The van der Waals surface area contributed by atoms with Crippen LogP contribution in [0.4, 0.5) is 0 Å². The highest BCUT2D eigenvalue weighted by molar-refractivity contribution is 7.17. The van der Waals surface area contributed by atoms with E-state index in [0.29, 0.717) is 0 Å². The monoisotopic (exact) mass is 1750 g/mol. The van der Waals surface area contributed by atoms with Crippen molar-refractivity contribution >= 4 is 115 Å². The van der Waals surface area contributed by atoms with Crippen molar-refractivity contribution in [2.24, 2.45) is 0 Å². The van der Waals surface area contributed by atoms with Crippen molar-refractivity contribution in [1.29, 1.82) is 0 Å². The van der Waals surface area contributed by atoms with Gasteiger partial charge in [-0.05, 0) is 390 Å². The van der Waals surface area contributed by atoms with Gasteiger partial charge in [0.15, 0.2) is 0 Å². The van der Waals surface area contributed by atoms with Crippen molar-refractivity contribution in [3.63, 3.8) is 0 Å². The van der Waals surface area contributed by atoms with Gasteiger partial charge in [0, 0.05) is 19.5 Å². The fourth-order valence-electron chi connectivity index (χ4n) is 16.7. The maximum absolute atomic E-state index is 4.05. The fourth-order valence-corrected chi connectivity index (χ4v) is 25.8. The molecule has 8 heteroatoms. The first-order chi connectivity index (χ1) is 58.9. The van der Waals surface area contributed by atoms with Gasteiger partial charge in [-0.15, -0.1) is 90.7 Å². The zero-order chi connectivity index (χ0) is 85.4. The van der Waals surface area contributed by atoms with E-state index in [2.05, 4.69) is 206 Å². The third-order valence-corrected chi connectivity index (χ3v) is 33.1. The van der Waals surface area contributed by atoms with Gasteiger partial charge in [-0.3, -0.25) is 0 Å². The average molecular weight is 1750 g/mol. The first-order valence-corrected chi connectivity index (χ1v) is 55.1. The lowest BCUT2D eigenvalue weighted by Gasteiger charge is -2.07. The number of rotatable bonds is 48. The third kappa shape index (κ3) is 27.2. The van der Waals surface area contributed by atoms with Crippen LogP contribution >= 0.6 is 90.7 Å². The lowest BCUT2D eigenvalue weighted by Crippen LogP contribution is -1.96. The quantitative estimate of drug-likeness (QED) is 0.0334. The van der Waals surface area contributed by atoms with Gasteiger partial charge < -0.3 is 0 Å². The highest BCUT2D eigenvalue weighted by atomic mass is 32.1. The first kappa shape index (κ1) is 98.2. The zero-order valence-corrected chi connectivity index (χ0v) is 84.0. The average Bonchev–Trinajstić information content (AvgIpc) is 1.63. The van der Waals surface area contributed by atoms with Crippen LogP contribution in [0, 0.1) is 71.0 Å². The molecule has 16 bridgehead atoms. The minimum absolute atomic E-state index is 1.04. The maximum atomic E-state index is 4.05. The lowest BCUT2D eigenvalue weighted by molar-refractivity contribution is 0.760. The summed E-state index contributed by atoms with van der Waals surface area (Å²) in [6, 6.07) is 0. The van der Waals surface area contributed by atoms with Crippen LogP contribution in [0.2, 0.25) is 0 Å². The fraction of sp³-hybridized carbons (Fsp3) is 0.571. The summed E-state index contributed by atoms with van der Waals surface area (Å²) in [5.41, 5.74) is 23.8. The van der Waals surface area contributed by atoms with Crippen molar-refractivity contribution in [2.75, 3.05) is 0 Å². The summed E-state index contributed by atoms with van der Waals surface area (Å²) in [7, 11) is 0. The number of unbranched alkanes of at least 4 members (excludes halogenated alkanes) is 16. The Morgan fingerprint density at radius 1 is 0.133 bits per heavy atom. The number of hydrogen-bond acceptors (Lipinski definition) is 8. The molecule has 1 aliphatic rings. The maximum Gasteiger partial charge on any atom is 0.0820 e. The molecule has 8 aromatic heterocycles. The molecule has 0 aromatic carbocycles. The normalized spacial score (nSPS) is 11.9. The molecule has 9 heterocycles. The molecule has 0 atom stereocenters. The number of hydrogen-bond donors (Lipinski definition) is 0. The summed E-state index contributed by atoms with van der Waals surface area (Å²) >= 11 is 15.5. The van der Waals surface area contributed by atoms with E-state index < -0.39 is 0 Å². The van der Waals surface area contributed by atoms with Crippen LogP contribution < -0.4 is 0 Å². The van der Waals surface area contributed by atoms with Gasteiger partial charge in [0.2, 0.25) is 0 Å². The van der Waals surface area contributed by atoms with Crippen molar-refractivity contribution in [1.82, 2.24) is 0 Å². The van der Waals surface area contributed by atoms with Crippen LogP contribution in [0.15, 0.2) is 0 Å². The van der Waals surface area contributed by atoms with Gasteiger partial charge in [0.1, 0.15) is 0 Å². The van der Waals surface area contributed by atoms with Crippen LogP contribution in [-0.4, -0.2) is 0 Å². The summed E-state index contributed by atoms with van der Waals surface area (Å²) in [5.74, 6) is 48.4. The molecule has 0 amide bonds. The number of thiophene rings is 8. The van der Waals surface area contributed by atoms with Gasteiger partial charge in [0.05, 0.1) is 58.5 Å². The second-order valence-corrected chi connectivity index (χ2v) is 42.0. The molecule has 0 aliphatic carbocycles. The molecule has 9 rings (SSSR count). The van der Waals surface area contributed by atoms with E-state index in [9.17, 15) is 0 Å². The van der Waals surface area contributed by atoms with Crippen molar-refractivity contribution in [2.45, 2.75) is 419 Å². The summed E-state index contributed by atoms with van der Waals surface area (Å²) in [4.78, 5) is 20.6. The Labute approximate surface area is 765 Å². The van der Waals surface area contributed by atoms with Crippen molar-refractivity contribution in [3.8, 4) is 71.0 Å². The molecule has 8 aromatic rings. The van der Waals surface area contributed by atoms with Crippen LogP contribution in [0.5, 0.6) is 0 Å². The largest absolute Gasteiger partial charge is 0.127 e. The highest BCUT2D eigenvalue weighted by Gasteiger charge is 2.26. The van der Waals surface area contributed by atoms with E-state index >= 15 is 0 Å². The van der Waals surface area contributed by atoms with Gasteiger partial charge in [-0.1, -0.05) is 214 Å². The van der Waals surface area contributed by atoms with E-state index in [0.717, 1.165) is 283 Å². The third-order valence-electron chi connectivity index (χ3n) is 24.1. The molecular formula is C112H148S8. The molecule has 120 heavy (non-hydrogen) atoms. The summed E-state index contributed by atoms with van der Waals surface area (Å²) in [5, 5.41) is 0. The predicted molar refractivity (Wildman–Crippen MR) is 546 cm³/mol. The molecule has 0 saturated heterocycles.